The fourth-order valence-corrected chi connectivity index (χ4v) is 4.68. The molecule has 0 amide bonds. The molecule has 7 heteroatoms. The van der Waals surface area contributed by atoms with E-state index in [0.29, 0.717) is 5.56 Å². The van der Waals surface area contributed by atoms with E-state index >= 15 is 0 Å². The van der Waals surface area contributed by atoms with Gasteiger partial charge >= 0.3 is 0 Å². The van der Waals surface area contributed by atoms with Gasteiger partial charge in [0, 0.05) is 10.0 Å². The lowest BCUT2D eigenvalue weighted by Gasteiger charge is -2.14. The van der Waals surface area contributed by atoms with Crippen molar-refractivity contribution in [1.29, 1.82) is 0 Å². The van der Waals surface area contributed by atoms with Gasteiger partial charge in [-0.25, -0.2) is 8.42 Å². The molecule has 0 aliphatic carbocycles. The predicted molar refractivity (Wildman–Crippen MR) is 125 cm³/mol. The van der Waals surface area contributed by atoms with E-state index in [0.717, 1.165) is 15.6 Å². The number of hydrogen-bond acceptors (Lipinski definition) is 5. The van der Waals surface area contributed by atoms with Crippen LogP contribution >= 0.6 is 15.9 Å². The van der Waals surface area contributed by atoms with E-state index in [9.17, 15) is 8.42 Å². The van der Waals surface area contributed by atoms with Crippen molar-refractivity contribution < 1.29 is 12.8 Å². The fourth-order valence-electron chi connectivity index (χ4n) is 3.15. The van der Waals surface area contributed by atoms with Crippen LogP contribution < -0.4 is 5.32 Å². The maximum Gasteiger partial charge on any atom is 0.234 e. The Balaban J connectivity index is 1.80. The first-order chi connectivity index (χ1) is 14.8. The van der Waals surface area contributed by atoms with E-state index in [1.165, 1.54) is 0 Å². The third-order valence-corrected chi connectivity index (χ3v) is 7.13. The zero-order chi connectivity index (χ0) is 22.0. The van der Waals surface area contributed by atoms with Gasteiger partial charge < -0.3 is 9.73 Å². The number of sulfone groups is 1. The highest BCUT2D eigenvalue weighted by molar-refractivity contribution is 9.10. The molecule has 3 aromatic carbocycles. The van der Waals surface area contributed by atoms with Gasteiger partial charge in [0.2, 0.25) is 26.6 Å². The van der Waals surface area contributed by atoms with Crippen LogP contribution in [0.1, 0.15) is 24.1 Å². The van der Waals surface area contributed by atoms with Crippen LogP contribution in [0.15, 0.2) is 97.7 Å². The molecule has 4 rings (SSSR count). The van der Waals surface area contributed by atoms with Gasteiger partial charge in [-0.15, -0.1) is 0 Å². The van der Waals surface area contributed by atoms with Gasteiger partial charge in [0.1, 0.15) is 0 Å². The summed E-state index contributed by atoms with van der Waals surface area (Å²) in [5.74, 6) is 0.369. The number of aromatic nitrogens is 1. The number of aryl methyl sites for hydroxylation is 1. The molecule has 0 aliphatic rings. The first-order valence-electron chi connectivity index (χ1n) is 9.74. The highest BCUT2D eigenvalue weighted by atomic mass is 79.9. The third-order valence-electron chi connectivity index (χ3n) is 4.92. The maximum absolute atomic E-state index is 13.4. The van der Waals surface area contributed by atoms with E-state index in [4.69, 9.17) is 4.42 Å². The Bertz CT molecular complexity index is 1280. The molecule has 0 fully saturated rings. The molecule has 1 unspecified atom stereocenters. The van der Waals surface area contributed by atoms with Gasteiger partial charge in [-0.05, 0) is 55.8 Å². The molecule has 0 spiro atoms. The number of nitrogens with zero attached hydrogens (tertiary/aromatic N) is 1. The van der Waals surface area contributed by atoms with Crippen LogP contribution in [0, 0.1) is 6.92 Å². The Kier molecular flexibility index (Phi) is 5.98. The van der Waals surface area contributed by atoms with Crippen LogP contribution in [0.25, 0.3) is 11.5 Å². The lowest BCUT2D eigenvalue weighted by molar-refractivity contribution is 0.570. The van der Waals surface area contributed by atoms with Crippen molar-refractivity contribution in [2.24, 2.45) is 0 Å². The minimum absolute atomic E-state index is 0.120. The molecule has 31 heavy (non-hydrogen) atoms. The summed E-state index contributed by atoms with van der Waals surface area (Å²) in [7, 11) is -3.90. The molecule has 1 N–H and O–H groups in total. The van der Waals surface area contributed by atoms with Gasteiger partial charge in [0.05, 0.1) is 10.9 Å². The van der Waals surface area contributed by atoms with Crippen molar-refractivity contribution in [2.45, 2.75) is 29.8 Å². The molecule has 0 radical (unpaired) electrons. The molecule has 5 nitrogen and oxygen atoms in total. The molecule has 1 atom stereocenters. The molecule has 0 saturated heterocycles. The quantitative estimate of drug-likeness (QED) is 0.333. The first-order valence-corrected chi connectivity index (χ1v) is 12.0. The standard InChI is InChI=1S/C24H21BrN2O3S/c1-16-8-10-19(11-9-16)22-27-24(31(28,29)21-14-12-20(25)13-15-21)23(30-22)26-17(2)18-6-4-3-5-7-18/h3-15,17,26H,1-2H3. The van der Waals surface area contributed by atoms with Crippen LogP contribution in [-0.4, -0.2) is 13.4 Å². The number of benzene rings is 3. The molecule has 0 saturated carbocycles. The second-order valence-corrected chi connectivity index (χ2v) is 10.0. The highest BCUT2D eigenvalue weighted by Gasteiger charge is 2.29. The summed E-state index contributed by atoms with van der Waals surface area (Å²) in [5.41, 5.74) is 2.80. The van der Waals surface area contributed by atoms with Gasteiger partial charge in [0.15, 0.2) is 0 Å². The average Bonchev–Trinajstić information content (AvgIpc) is 3.20. The molecular formula is C24H21BrN2O3S. The molecule has 0 aliphatic heterocycles. The van der Waals surface area contributed by atoms with E-state index in [-0.39, 0.29) is 27.7 Å². The molecule has 0 bridgehead atoms. The molecular weight excluding hydrogens is 476 g/mol. The minimum Gasteiger partial charge on any atom is -0.419 e. The monoisotopic (exact) mass is 496 g/mol. The van der Waals surface area contributed by atoms with Crippen LogP contribution in [0.5, 0.6) is 0 Å². The zero-order valence-electron chi connectivity index (χ0n) is 17.0. The van der Waals surface area contributed by atoms with E-state index in [2.05, 4.69) is 26.2 Å². The van der Waals surface area contributed by atoms with E-state index in [1.807, 2.05) is 68.4 Å². The summed E-state index contributed by atoms with van der Waals surface area (Å²) < 4.78 is 33.6. The Labute approximate surface area is 190 Å². The molecule has 1 aromatic heterocycles. The predicted octanol–water partition coefficient (Wildman–Crippen LogP) is 6.42. The molecule has 4 aromatic rings. The lowest BCUT2D eigenvalue weighted by Crippen LogP contribution is -2.10. The summed E-state index contributed by atoms with van der Waals surface area (Å²) in [6.45, 7) is 3.93. The van der Waals surface area contributed by atoms with Crippen molar-refractivity contribution in [3.05, 3.63) is 94.5 Å². The second kappa shape index (κ2) is 8.69. The summed E-state index contributed by atoms with van der Waals surface area (Å²) >= 11 is 3.34. The van der Waals surface area contributed by atoms with Crippen LogP contribution in [0.3, 0.4) is 0 Å². The van der Waals surface area contributed by atoms with Crippen molar-refractivity contribution in [1.82, 2.24) is 4.98 Å². The zero-order valence-corrected chi connectivity index (χ0v) is 19.4. The maximum atomic E-state index is 13.4. The van der Waals surface area contributed by atoms with Crippen LogP contribution in [0.2, 0.25) is 0 Å². The first kappa shape index (κ1) is 21.3. The van der Waals surface area contributed by atoms with Crippen molar-refractivity contribution in [3.8, 4) is 11.5 Å². The molecule has 1 heterocycles. The second-order valence-electron chi connectivity index (χ2n) is 7.25. The summed E-state index contributed by atoms with van der Waals surface area (Å²) in [5, 5.41) is 3.07. The van der Waals surface area contributed by atoms with Gasteiger partial charge in [0.25, 0.3) is 0 Å². The Morgan fingerprint density at radius 3 is 2.23 bits per heavy atom. The summed E-state index contributed by atoms with van der Waals surface area (Å²) in [6.07, 6.45) is 0. The molecule has 158 valence electrons. The number of hydrogen-bond donors (Lipinski definition) is 1. The Hall–Kier alpha value is -2.90. The smallest absolute Gasteiger partial charge is 0.234 e. The minimum atomic E-state index is -3.90. The van der Waals surface area contributed by atoms with Crippen LogP contribution in [0.4, 0.5) is 5.88 Å². The third kappa shape index (κ3) is 4.57. The van der Waals surface area contributed by atoms with E-state index < -0.39 is 9.84 Å². The lowest BCUT2D eigenvalue weighted by atomic mass is 10.1. The summed E-state index contributed by atoms with van der Waals surface area (Å²) in [4.78, 5) is 4.55. The Morgan fingerprint density at radius 1 is 0.935 bits per heavy atom. The topological polar surface area (TPSA) is 72.2 Å². The SMILES string of the molecule is Cc1ccc(-c2nc(S(=O)(=O)c3ccc(Br)cc3)c(NC(C)c3ccccc3)o2)cc1. The van der Waals surface area contributed by atoms with Gasteiger partial charge in [-0.2, -0.15) is 4.98 Å². The van der Waals surface area contributed by atoms with Crippen molar-refractivity contribution in [2.75, 3.05) is 5.32 Å². The number of nitrogens with one attached hydrogen (secondary N) is 1. The average molecular weight is 497 g/mol. The summed E-state index contributed by atoms with van der Waals surface area (Å²) in [6, 6.07) is 23.6. The Morgan fingerprint density at radius 2 is 1.58 bits per heavy atom. The van der Waals surface area contributed by atoms with Gasteiger partial charge in [-0.1, -0.05) is 64.0 Å². The largest absolute Gasteiger partial charge is 0.419 e. The number of rotatable bonds is 6. The number of halogens is 1. The normalized spacial score (nSPS) is 12.5. The van der Waals surface area contributed by atoms with Crippen molar-refractivity contribution in [3.63, 3.8) is 0 Å². The van der Waals surface area contributed by atoms with Gasteiger partial charge in [-0.3, -0.25) is 0 Å². The highest BCUT2D eigenvalue weighted by Crippen LogP contribution is 2.34. The van der Waals surface area contributed by atoms with Crippen molar-refractivity contribution >= 4 is 31.7 Å². The fraction of sp³-hybridized carbons (Fsp3) is 0.125. The van der Waals surface area contributed by atoms with Crippen LogP contribution in [-0.2, 0) is 9.84 Å². The number of oxazole rings is 1. The number of anilines is 1. The van der Waals surface area contributed by atoms with E-state index in [1.54, 1.807) is 24.3 Å².